The number of fused-ring (bicyclic) bond motifs is 1. The lowest BCUT2D eigenvalue weighted by Gasteiger charge is -2.10. The van der Waals surface area contributed by atoms with Gasteiger partial charge in [0, 0.05) is 5.69 Å². The van der Waals surface area contributed by atoms with Crippen molar-refractivity contribution in [3.05, 3.63) is 57.0 Å². The molecular weight excluding hydrogens is 270 g/mol. The predicted octanol–water partition coefficient (Wildman–Crippen LogP) is 2.71. The Hall–Kier alpha value is -2.14. The van der Waals surface area contributed by atoms with E-state index in [2.05, 4.69) is 4.98 Å². The molecule has 0 unspecified atom stereocenters. The van der Waals surface area contributed by atoms with E-state index >= 15 is 0 Å². The van der Waals surface area contributed by atoms with Crippen molar-refractivity contribution in [2.75, 3.05) is 5.73 Å². The predicted molar refractivity (Wildman–Crippen MR) is 83.3 cm³/mol. The van der Waals surface area contributed by atoms with Crippen molar-refractivity contribution in [1.29, 1.82) is 0 Å². The van der Waals surface area contributed by atoms with Gasteiger partial charge in [-0.25, -0.2) is 4.98 Å². The van der Waals surface area contributed by atoms with E-state index in [-0.39, 0.29) is 5.56 Å². The van der Waals surface area contributed by atoms with E-state index in [9.17, 15) is 4.79 Å². The molecule has 0 spiro atoms. The minimum atomic E-state index is 0.00919. The SMILES string of the molecule is Cc1c(N)cccc1Cn1cnc2c(C)csc2c1=O. The molecule has 4 nitrogen and oxygen atoms in total. The van der Waals surface area contributed by atoms with Gasteiger partial charge < -0.3 is 5.73 Å². The molecule has 0 bridgehead atoms. The number of nitrogens with zero attached hydrogens (tertiary/aromatic N) is 2. The van der Waals surface area contributed by atoms with Crippen molar-refractivity contribution in [3.63, 3.8) is 0 Å². The molecule has 0 saturated carbocycles. The highest BCUT2D eigenvalue weighted by molar-refractivity contribution is 7.17. The van der Waals surface area contributed by atoms with Crippen LogP contribution in [-0.2, 0) is 6.54 Å². The molecule has 2 heterocycles. The molecule has 2 N–H and O–H groups in total. The summed E-state index contributed by atoms with van der Waals surface area (Å²) >= 11 is 1.45. The Bertz CT molecular complexity index is 848. The van der Waals surface area contributed by atoms with E-state index in [1.165, 1.54) is 11.3 Å². The Morgan fingerprint density at radius 3 is 2.95 bits per heavy atom. The lowest BCUT2D eigenvalue weighted by atomic mass is 10.1. The van der Waals surface area contributed by atoms with Crippen LogP contribution in [0.5, 0.6) is 0 Å². The van der Waals surface area contributed by atoms with Crippen molar-refractivity contribution in [1.82, 2.24) is 9.55 Å². The highest BCUT2D eigenvalue weighted by Crippen LogP contribution is 2.20. The highest BCUT2D eigenvalue weighted by atomic mass is 32.1. The van der Waals surface area contributed by atoms with Gasteiger partial charge in [-0.05, 0) is 42.0 Å². The summed E-state index contributed by atoms with van der Waals surface area (Å²) in [6.45, 7) is 4.43. The maximum Gasteiger partial charge on any atom is 0.271 e. The quantitative estimate of drug-likeness (QED) is 0.736. The summed E-state index contributed by atoms with van der Waals surface area (Å²) in [7, 11) is 0. The Kier molecular flexibility index (Phi) is 3.06. The first kappa shape index (κ1) is 12.9. The summed E-state index contributed by atoms with van der Waals surface area (Å²) < 4.78 is 2.35. The van der Waals surface area contributed by atoms with Gasteiger partial charge in [0.1, 0.15) is 4.70 Å². The molecule has 5 heteroatoms. The third-order valence-corrected chi connectivity index (χ3v) is 4.63. The Labute approximate surface area is 120 Å². The molecule has 0 saturated heterocycles. The van der Waals surface area contributed by atoms with E-state index in [1.807, 2.05) is 37.4 Å². The van der Waals surface area contributed by atoms with E-state index in [0.29, 0.717) is 11.2 Å². The molecule has 0 atom stereocenters. The van der Waals surface area contributed by atoms with Crippen molar-refractivity contribution in [3.8, 4) is 0 Å². The van der Waals surface area contributed by atoms with Crippen LogP contribution in [0.4, 0.5) is 5.69 Å². The lowest BCUT2D eigenvalue weighted by Crippen LogP contribution is -2.20. The number of nitrogens with two attached hydrogens (primary N) is 1. The molecule has 102 valence electrons. The molecule has 0 aliphatic carbocycles. The van der Waals surface area contributed by atoms with Crippen LogP contribution in [0.1, 0.15) is 16.7 Å². The van der Waals surface area contributed by atoms with Gasteiger partial charge in [0.05, 0.1) is 18.4 Å². The first-order chi connectivity index (χ1) is 9.58. The molecule has 2 aromatic heterocycles. The smallest absolute Gasteiger partial charge is 0.271 e. The fourth-order valence-electron chi connectivity index (χ4n) is 2.23. The zero-order chi connectivity index (χ0) is 14.3. The van der Waals surface area contributed by atoms with Crippen LogP contribution < -0.4 is 11.3 Å². The summed E-state index contributed by atoms with van der Waals surface area (Å²) in [5.41, 5.74) is 10.6. The minimum Gasteiger partial charge on any atom is -0.399 e. The number of anilines is 1. The van der Waals surface area contributed by atoms with Crippen LogP contribution in [-0.4, -0.2) is 9.55 Å². The zero-order valence-electron chi connectivity index (χ0n) is 11.4. The topological polar surface area (TPSA) is 60.9 Å². The minimum absolute atomic E-state index is 0.00919. The summed E-state index contributed by atoms with van der Waals surface area (Å²) in [4.78, 5) is 16.8. The normalized spacial score (nSPS) is 11.1. The molecule has 3 rings (SSSR count). The average Bonchev–Trinajstić information content (AvgIpc) is 2.80. The van der Waals surface area contributed by atoms with Crippen molar-refractivity contribution in [2.45, 2.75) is 20.4 Å². The molecule has 3 aromatic rings. The second kappa shape index (κ2) is 4.76. The summed E-state index contributed by atoms with van der Waals surface area (Å²) in [5.74, 6) is 0. The van der Waals surface area contributed by atoms with Crippen LogP contribution in [0.2, 0.25) is 0 Å². The third-order valence-electron chi connectivity index (χ3n) is 3.55. The first-order valence-electron chi connectivity index (χ1n) is 6.35. The molecule has 0 aliphatic rings. The first-order valence-corrected chi connectivity index (χ1v) is 7.23. The lowest BCUT2D eigenvalue weighted by molar-refractivity contribution is 0.746. The van der Waals surface area contributed by atoms with Gasteiger partial charge in [0.2, 0.25) is 0 Å². The number of benzene rings is 1. The van der Waals surface area contributed by atoms with E-state index in [1.54, 1.807) is 10.9 Å². The molecular formula is C15H15N3OS. The summed E-state index contributed by atoms with van der Waals surface area (Å²) in [5, 5.41) is 1.97. The zero-order valence-corrected chi connectivity index (χ0v) is 12.2. The largest absolute Gasteiger partial charge is 0.399 e. The fourth-order valence-corrected chi connectivity index (χ4v) is 3.18. The second-order valence-electron chi connectivity index (χ2n) is 4.91. The van der Waals surface area contributed by atoms with Gasteiger partial charge in [0.15, 0.2) is 0 Å². The standard InChI is InChI=1S/C15H15N3OS/c1-9-7-20-14-13(9)17-8-18(15(14)19)6-11-4-3-5-12(16)10(11)2/h3-5,7-8H,6,16H2,1-2H3. The number of aromatic nitrogens is 2. The van der Waals surface area contributed by atoms with Crippen LogP contribution in [0.15, 0.2) is 34.7 Å². The van der Waals surface area contributed by atoms with E-state index in [0.717, 1.165) is 27.9 Å². The number of hydrogen-bond donors (Lipinski definition) is 1. The summed E-state index contributed by atoms with van der Waals surface area (Å²) in [6.07, 6.45) is 1.62. The monoisotopic (exact) mass is 285 g/mol. The van der Waals surface area contributed by atoms with Crippen LogP contribution >= 0.6 is 11.3 Å². The Morgan fingerprint density at radius 1 is 1.35 bits per heavy atom. The van der Waals surface area contributed by atoms with Gasteiger partial charge in [-0.2, -0.15) is 0 Å². The van der Waals surface area contributed by atoms with Crippen LogP contribution in [0.25, 0.3) is 10.2 Å². The van der Waals surface area contributed by atoms with Gasteiger partial charge in [-0.15, -0.1) is 11.3 Å². The third kappa shape index (κ3) is 2.00. The molecule has 0 amide bonds. The maximum absolute atomic E-state index is 12.4. The fraction of sp³-hybridized carbons (Fsp3) is 0.200. The molecule has 0 aliphatic heterocycles. The van der Waals surface area contributed by atoms with Gasteiger partial charge in [-0.1, -0.05) is 12.1 Å². The van der Waals surface area contributed by atoms with Crippen molar-refractivity contribution >= 4 is 27.2 Å². The maximum atomic E-state index is 12.4. The van der Waals surface area contributed by atoms with E-state index in [4.69, 9.17) is 5.73 Å². The Balaban J connectivity index is 2.09. The van der Waals surface area contributed by atoms with Gasteiger partial charge in [0.25, 0.3) is 5.56 Å². The van der Waals surface area contributed by atoms with Gasteiger partial charge >= 0.3 is 0 Å². The molecule has 0 fully saturated rings. The van der Waals surface area contributed by atoms with E-state index < -0.39 is 0 Å². The second-order valence-corrected chi connectivity index (χ2v) is 5.79. The number of hydrogen-bond acceptors (Lipinski definition) is 4. The molecule has 20 heavy (non-hydrogen) atoms. The number of rotatable bonds is 2. The highest BCUT2D eigenvalue weighted by Gasteiger charge is 2.09. The number of nitrogen functional groups attached to an aromatic ring is 1. The Morgan fingerprint density at radius 2 is 2.15 bits per heavy atom. The van der Waals surface area contributed by atoms with Crippen molar-refractivity contribution < 1.29 is 0 Å². The number of aryl methyl sites for hydroxylation is 1. The summed E-state index contributed by atoms with van der Waals surface area (Å²) in [6, 6.07) is 5.76. The molecule has 0 radical (unpaired) electrons. The average molecular weight is 285 g/mol. The van der Waals surface area contributed by atoms with Crippen LogP contribution in [0.3, 0.4) is 0 Å². The molecule has 1 aromatic carbocycles. The van der Waals surface area contributed by atoms with Gasteiger partial charge in [-0.3, -0.25) is 9.36 Å². The van der Waals surface area contributed by atoms with Crippen molar-refractivity contribution in [2.24, 2.45) is 0 Å². The van der Waals surface area contributed by atoms with Crippen LogP contribution in [0, 0.1) is 13.8 Å². The number of thiophene rings is 1.